The molecule has 0 saturated carbocycles. The second-order valence-corrected chi connectivity index (χ2v) is 12.8. The molecule has 0 spiro atoms. The van der Waals surface area contributed by atoms with Gasteiger partial charge in [-0.25, -0.2) is 4.79 Å². The van der Waals surface area contributed by atoms with Crippen molar-refractivity contribution < 1.29 is 22.1 Å². The number of fused-ring (bicyclic) bond motifs is 2. The number of thiazole rings is 1. The molecule has 5 rings (SSSR count). The topological polar surface area (TPSA) is 111 Å². The van der Waals surface area contributed by atoms with E-state index in [0.29, 0.717) is 29.9 Å². The van der Waals surface area contributed by atoms with E-state index < -0.39 is 21.3 Å². The molecule has 2 aliphatic heterocycles. The van der Waals surface area contributed by atoms with Gasteiger partial charge in [0.05, 0.1) is 6.07 Å². The van der Waals surface area contributed by atoms with Gasteiger partial charge in [0.2, 0.25) is 10.8 Å². The fourth-order valence-electron chi connectivity index (χ4n) is 4.57. The first kappa shape index (κ1) is 24.6. The van der Waals surface area contributed by atoms with Crippen LogP contribution in [0.5, 0.6) is 5.88 Å². The van der Waals surface area contributed by atoms with Crippen molar-refractivity contribution in [3.63, 3.8) is 0 Å². The number of amides is 1. The molecule has 2 aliphatic rings. The van der Waals surface area contributed by atoms with Crippen molar-refractivity contribution in [2.24, 2.45) is 11.8 Å². The molecule has 3 aromatic rings. The van der Waals surface area contributed by atoms with Crippen LogP contribution in [0.3, 0.4) is 0 Å². The van der Waals surface area contributed by atoms with Crippen LogP contribution < -0.4 is 14.6 Å². The van der Waals surface area contributed by atoms with Crippen molar-refractivity contribution in [3.05, 3.63) is 52.4 Å². The molecule has 2 aromatic heterocycles. The molecule has 2 atom stereocenters. The van der Waals surface area contributed by atoms with Crippen LogP contribution in [0.25, 0.3) is 4.96 Å². The molecule has 0 bridgehead atoms. The predicted octanol–water partition coefficient (Wildman–Crippen LogP) is 3.14. The van der Waals surface area contributed by atoms with Crippen molar-refractivity contribution in [1.82, 2.24) is 14.3 Å². The van der Waals surface area contributed by atoms with E-state index in [1.54, 1.807) is 23.2 Å². The van der Waals surface area contributed by atoms with Crippen LogP contribution in [-0.2, 0) is 14.9 Å². The molecular weight excluding hydrogens is 504 g/mol. The fraction of sp³-hybridized carbons (Fsp3) is 0.458. The van der Waals surface area contributed by atoms with E-state index in [9.17, 15) is 18.0 Å². The van der Waals surface area contributed by atoms with E-state index in [4.69, 9.17) is 8.92 Å². The summed E-state index contributed by atoms with van der Waals surface area (Å²) in [6, 6.07) is 7.32. The van der Waals surface area contributed by atoms with E-state index in [1.165, 1.54) is 27.9 Å². The third-order valence-electron chi connectivity index (χ3n) is 6.29. The second kappa shape index (κ2) is 8.77. The predicted molar refractivity (Wildman–Crippen MR) is 135 cm³/mol. The number of anilines is 1. The van der Waals surface area contributed by atoms with Crippen LogP contribution in [0, 0.1) is 18.8 Å². The number of aromatic nitrogens is 2. The van der Waals surface area contributed by atoms with Gasteiger partial charge in [-0.3, -0.25) is 9.20 Å². The Morgan fingerprint density at radius 2 is 1.72 bits per heavy atom. The Morgan fingerprint density at radius 3 is 2.33 bits per heavy atom. The molecule has 0 N–H and O–H groups in total. The Morgan fingerprint density at radius 1 is 1.08 bits per heavy atom. The fourth-order valence-corrected chi connectivity index (χ4v) is 6.45. The van der Waals surface area contributed by atoms with Crippen LogP contribution in [0.1, 0.15) is 26.3 Å². The van der Waals surface area contributed by atoms with E-state index in [2.05, 4.69) is 9.88 Å². The Bertz CT molecular complexity index is 1460. The first-order valence-electron chi connectivity index (χ1n) is 11.7. The summed E-state index contributed by atoms with van der Waals surface area (Å²) in [4.78, 5) is 33.7. The highest BCUT2D eigenvalue weighted by atomic mass is 32.2. The lowest BCUT2D eigenvalue weighted by atomic mass is 10.0. The average molecular weight is 533 g/mol. The zero-order valence-corrected chi connectivity index (χ0v) is 22.1. The number of benzene rings is 1. The summed E-state index contributed by atoms with van der Waals surface area (Å²) in [5.74, 6) is 0.359. The Hall–Kier alpha value is -3.12. The van der Waals surface area contributed by atoms with Gasteiger partial charge in [-0.05, 0) is 39.8 Å². The van der Waals surface area contributed by atoms with Crippen molar-refractivity contribution in [2.75, 3.05) is 31.1 Å². The molecule has 1 aromatic carbocycles. The van der Waals surface area contributed by atoms with Gasteiger partial charge in [-0.2, -0.15) is 13.4 Å². The molecule has 0 radical (unpaired) electrons. The molecule has 0 aliphatic carbocycles. The number of rotatable bonds is 4. The number of carbonyl (C=O) groups excluding carboxylic acids is 1. The first-order chi connectivity index (χ1) is 16.9. The van der Waals surface area contributed by atoms with Crippen molar-refractivity contribution >= 4 is 37.5 Å². The number of hydrogen-bond acceptors (Lipinski definition) is 9. The number of likely N-dealkylation sites (tertiary alicyclic amines) is 1. The van der Waals surface area contributed by atoms with E-state index in [-0.39, 0.29) is 16.9 Å². The normalized spacial score (nSPS) is 20.1. The first-order valence-corrected chi connectivity index (χ1v) is 13.9. The molecule has 10 nitrogen and oxygen atoms in total. The van der Waals surface area contributed by atoms with Gasteiger partial charge in [0.15, 0.2) is 0 Å². The molecule has 12 heteroatoms. The molecule has 1 amide bonds. The van der Waals surface area contributed by atoms with Gasteiger partial charge in [0.25, 0.3) is 5.56 Å². The van der Waals surface area contributed by atoms with Crippen molar-refractivity contribution in [3.8, 4) is 5.88 Å². The molecule has 4 heterocycles. The number of aryl methyl sites for hydroxylation is 1. The maximum Gasteiger partial charge on any atom is 0.410 e. The summed E-state index contributed by atoms with van der Waals surface area (Å²) in [5, 5.41) is 0.858. The smallest absolute Gasteiger partial charge is 0.410 e. The molecule has 2 unspecified atom stereocenters. The maximum absolute atomic E-state index is 12.7. The summed E-state index contributed by atoms with van der Waals surface area (Å²) in [6.07, 6.45) is 1.44. The second-order valence-electron chi connectivity index (χ2n) is 10.3. The zero-order valence-electron chi connectivity index (χ0n) is 20.5. The summed E-state index contributed by atoms with van der Waals surface area (Å²) < 4.78 is 37.3. The number of hydrogen-bond donors (Lipinski definition) is 0. The summed E-state index contributed by atoms with van der Waals surface area (Å²) in [5.41, 5.74) is -0.0336. The van der Waals surface area contributed by atoms with Crippen LogP contribution in [0.2, 0.25) is 0 Å². The number of ether oxygens (including phenoxy) is 1. The summed E-state index contributed by atoms with van der Waals surface area (Å²) in [7, 11) is -4.12. The van der Waals surface area contributed by atoms with Gasteiger partial charge in [0, 0.05) is 44.2 Å². The number of nitrogens with zero attached hydrogens (tertiary/aromatic N) is 4. The Labute approximate surface area is 213 Å². The van der Waals surface area contributed by atoms with Gasteiger partial charge in [-0.1, -0.05) is 29.0 Å². The summed E-state index contributed by atoms with van der Waals surface area (Å²) >= 11 is 1.30. The van der Waals surface area contributed by atoms with E-state index in [0.717, 1.165) is 29.7 Å². The van der Waals surface area contributed by atoms with Crippen molar-refractivity contribution in [2.45, 2.75) is 38.2 Å². The molecule has 2 fully saturated rings. The highest BCUT2D eigenvalue weighted by Crippen LogP contribution is 2.37. The monoisotopic (exact) mass is 532 g/mol. The molecular formula is C24H28N4O6S2. The highest BCUT2D eigenvalue weighted by molar-refractivity contribution is 7.87. The van der Waals surface area contributed by atoms with Gasteiger partial charge >= 0.3 is 16.2 Å². The lowest BCUT2D eigenvalue weighted by molar-refractivity contribution is 0.0282. The average Bonchev–Trinajstić information content (AvgIpc) is 3.45. The van der Waals surface area contributed by atoms with Crippen molar-refractivity contribution in [1.29, 1.82) is 0 Å². The van der Waals surface area contributed by atoms with E-state index in [1.807, 2.05) is 27.7 Å². The third kappa shape index (κ3) is 4.92. The van der Waals surface area contributed by atoms with Gasteiger partial charge in [-0.15, -0.1) is 0 Å². The third-order valence-corrected chi connectivity index (χ3v) is 8.57. The minimum absolute atomic E-state index is 0.00833. The Kier molecular flexibility index (Phi) is 5.98. The van der Waals surface area contributed by atoms with Crippen LogP contribution in [0.4, 0.5) is 9.80 Å². The number of carbonyl (C=O) groups is 1. The van der Waals surface area contributed by atoms with E-state index >= 15 is 0 Å². The summed E-state index contributed by atoms with van der Waals surface area (Å²) in [6.45, 7) is 10.2. The van der Waals surface area contributed by atoms with Gasteiger partial charge < -0.3 is 18.7 Å². The maximum atomic E-state index is 12.7. The SMILES string of the molecule is Cc1ccc(S(=O)(=O)Oc2cc(=O)n3cc(N4CC5CN(C(=O)OC(C)(C)C)CC5C4)sc3n2)cc1. The highest BCUT2D eigenvalue weighted by Gasteiger charge is 2.43. The lowest BCUT2D eigenvalue weighted by Gasteiger charge is -2.26. The largest absolute Gasteiger partial charge is 0.444 e. The zero-order chi connectivity index (χ0) is 25.8. The Balaban J connectivity index is 1.30. The quantitative estimate of drug-likeness (QED) is 0.472. The minimum Gasteiger partial charge on any atom is -0.444 e. The van der Waals surface area contributed by atoms with Crippen LogP contribution >= 0.6 is 11.3 Å². The minimum atomic E-state index is -4.12. The van der Waals surface area contributed by atoms with Crippen LogP contribution in [-0.4, -0.2) is 60.6 Å². The van der Waals surface area contributed by atoms with Crippen LogP contribution in [0.15, 0.2) is 46.2 Å². The molecule has 192 valence electrons. The standard InChI is InChI=1S/C24H28N4O6S2/c1-15-5-7-18(8-6-15)36(31,32)34-19-9-20(29)28-14-21(35-22(28)25-19)26-10-16-12-27(13-17(16)11-26)23(30)33-24(2,3)4/h5-9,14,16-17H,10-13H2,1-4H3. The molecule has 2 saturated heterocycles. The lowest BCUT2D eigenvalue weighted by Crippen LogP contribution is -2.37. The van der Waals surface area contributed by atoms with Gasteiger partial charge in [0.1, 0.15) is 15.5 Å². The molecule has 36 heavy (non-hydrogen) atoms.